The Balaban J connectivity index is 1.74. The summed E-state index contributed by atoms with van der Waals surface area (Å²) in [5.41, 5.74) is 3.62. The molecule has 0 saturated carbocycles. The van der Waals surface area contributed by atoms with Gasteiger partial charge in [0, 0.05) is 28.7 Å². The van der Waals surface area contributed by atoms with Crippen molar-refractivity contribution in [1.82, 2.24) is 4.98 Å². The minimum atomic E-state index is -0.187. The molecule has 1 aromatic heterocycles. The summed E-state index contributed by atoms with van der Waals surface area (Å²) in [5, 5.41) is 7.79. The first-order valence-electron chi connectivity index (χ1n) is 8.45. The number of fused-ring (bicyclic) bond motifs is 1. The second-order valence-electron chi connectivity index (χ2n) is 5.97. The van der Waals surface area contributed by atoms with Crippen molar-refractivity contribution >= 4 is 46.0 Å². The summed E-state index contributed by atoms with van der Waals surface area (Å²) in [4.78, 5) is 16.8. The number of hydrogen-bond donors (Lipinski definition) is 2. The molecule has 3 aromatic rings. The summed E-state index contributed by atoms with van der Waals surface area (Å²) in [6, 6.07) is 15.1. The van der Waals surface area contributed by atoms with E-state index in [1.54, 1.807) is 18.2 Å². The highest BCUT2D eigenvalue weighted by atomic mass is 35.5. The van der Waals surface area contributed by atoms with Gasteiger partial charge in [-0.15, -0.1) is 0 Å². The zero-order valence-corrected chi connectivity index (χ0v) is 15.5. The van der Waals surface area contributed by atoms with Crippen LogP contribution < -0.4 is 10.6 Å². The van der Waals surface area contributed by atoms with Gasteiger partial charge in [-0.25, -0.2) is 4.98 Å². The molecular weight excluding hydrogens is 346 g/mol. The van der Waals surface area contributed by atoms with Crippen LogP contribution in [-0.2, 0) is 4.79 Å². The quantitative estimate of drug-likeness (QED) is 0.605. The maximum atomic E-state index is 12.1. The average molecular weight is 366 g/mol. The molecule has 4 nitrogen and oxygen atoms in total. The third-order valence-corrected chi connectivity index (χ3v) is 4.17. The van der Waals surface area contributed by atoms with Crippen LogP contribution >= 0.6 is 11.6 Å². The number of amides is 1. The van der Waals surface area contributed by atoms with Crippen molar-refractivity contribution in [3.05, 3.63) is 70.8 Å². The lowest BCUT2D eigenvalue weighted by Crippen LogP contribution is -2.07. The predicted octanol–water partition coefficient (Wildman–Crippen LogP) is 5.28. The van der Waals surface area contributed by atoms with Crippen LogP contribution in [-0.4, -0.2) is 17.4 Å². The van der Waals surface area contributed by atoms with Gasteiger partial charge in [-0.2, -0.15) is 0 Å². The van der Waals surface area contributed by atoms with E-state index < -0.39 is 0 Å². The van der Waals surface area contributed by atoms with Gasteiger partial charge in [0.05, 0.1) is 5.52 Å². The number of carbonyl (C=O) groups excluding carboxylic acids is 1. The molecule has 0 unspecified atom stereocenters. The molecule has 0 bridgehead atoms. The number of aromatic nitrogens is 1. The highest BCUT2D eigenvalue weighted by molar-refractivity contribution is 6.30. The molecule has 2 aromatic carbocycles. The van der Waals surface area contributed by atoms with Gasteiger partial charge in [-0.1, -0.05) is 23.7 Å². The number of nitrogens with zero attached hydrogens (tertiary/aromatic N) is 1. The molecule has 0 aliphatic carbocycles. The number of anilines is 2. The second-order valence-corrected chi connectivity index (χ2v) is 6.40. The lowest BCUT2D eigenvalue weighted by atomic mass is 10.1. The average Bonchev–Trinajstić information content (AvgIpc) is 2.62. The largest absolute Gasteiger partial charge is 0.370 e. The highest BCUT2D eigenvalue weighted by Gasteiger charge is 2.05. The number of aryl methyl sites for hydroxylation is 1. The molecule has 0 saturated heterocycles. The topological polar surface area (TPSA) is 54.0 Å². The Morgan fingerprint density at radius 1 is 1.15 bits per heavy atom. The van der Waals surface area contributed by atoms with Crippen molar-refractivity contribution < 1.29 is 4.79 Å². The Kier molecular flexibility index (Phi) is 5.54. The van der Waals surface area contributed by atoms with E-state index in [0.717, 1.165) is 40.1 Å². The van der Waals surface area contributed by atoms with Crippen molar-refractivity contribution in [2.45, 2.75) is 13.8 Å². The van der Waals surface area contributed by atoms with Crippen LogP contribution in [0.5, 0.6) is 0 Å². The van der Waals surface area contributed by atoms with Gasteiger partial charge in [-0.05, 0) is 67.4 Å². The molecule has 3 rings (SSSR count). The first-order valence-corrected chi connectivity index (χ1v) is 8.83. The predicted molar refractivity (Wildman–Crippen MR) is 110 cm³/mol. The number of hydrogen-bond acceptors (Lipinski definition) is 3. The molecule has 0 fully saturated rings. The summed E-state index contributed by atoms with van der Waals surface area (Å²) in [5.74, 6) is 0.705. The molecule has 0 radical (unpaired) electrons. The molecule has 0 aliphatic heterocycles. The first kappa shape index (κ1) is 18.0. The van der Waals surface area contributed by atoms with Crippen molar-refractivity contribution in [2.24, 2.45) is 0 Å². The van der Waals surface area contributed by atoms with Crippen LogP contribution in [0.15, 0.2) is 54.6 Å². The van der Waals surface area contributed by atoms with Gasteiger partial charge in [0.1, 0.15) is 5.82 Å². The maximum Gasteiger partial charge on any atom is 0.248 e. The van der Waals surface area contributed by atoms with Crippen LogP contribution in [0.4, 0.5) is 11.5 Å². The minimum absolute atomic E-state index is 0.187. The van der Waals surface area contributed by atoms with E-state index in [0.29, 0.717) is 5.02 Å². The van der Waals surface area contributed by atoms with E-state index in [2.05, 4.69) is 21.7 Å². The Bertz CT molecular complexity index is 965. The molecule has 1 heterocycles. The van der Waals surface area contributed by atoms with Gasteiger partial charge >= 0.3 is 0 Å². The molecule has 5 heteroatoms. The molecule has 0 atom stereocenters. The molecule has 132 valence electrons. The van der Waals surface area contributed by atoms with E-state index in [9.17, 15) is 4.79 Å². The minimum Gasteiger partial charge on any atom is -0.370 e. The number of pyridine rings is 1. The van der Waals surface area contributed by atoms with Crippen molar-refractivity contribution in [3.63, 3.8) is 0 Å². The summed E-state index contributed by atoms with van der Waals surface area (Å²) >= 11 is 5.86. The fraction of sp³-hybridized carbons (Fsp3) is 0.143. The molecule has 26 heavy (non-hydrogen) atoms. The van der Waals surface area contributed by atoms with Crippen LogP contribution in [0.25, 0.3) is 17.0 Å². The van der Waals surface area contributed by atoms with Gasteiger partial charge in [0.25, 0.3) is 0 Å². The van der Waals surface area contributed by atoms with Gasteiger partial charge in [0.2, 0.25) is 5.91 Å². The zero-order valence-electron chi connectivity index (χ0n) is 14.7. The number of nitrogens with one attached hydrogen (secondary N) is 2. The maximum absolute atomic E-state index is 12.1. The fourth-order valence-corrected chi connectivity index (χ4v) is 2.76. The Morgan fingerprint density at radius 2 is 1.92 bits per heavy atom. The summed E-state index contributed by atoms with van der Waals surface area (Å²) in [6.07, 6.45) is 3.26. The third-order valence-electron chi connectivity index (χ3n) is 3.91. The molecule has 0 aliphatic rings. The monoisotopic (exact) mass is 365 g/mol. The summed E-state index contributed by atoms with van der Waals surface area (Å²) in [6.45, 7) is 4.89. The SMILES string of the molecule is CCNc1nc2ccc(NC(=O)C=Cc3ccc(Cl)cc3)cc2cc1C. The molecule has 0 spiro atoms. The number of halogens is 1. The third kappa shape index (κ3) is 4.41. The van der Waals surface area contributed by atoms with E-state index >= 15 is 0 Å². The Labute approximate surface area is 157 Å². The van der Waals surface area contributed by atoms with Gasteiger partial charge in [0.15, 0.2) is 0 Å². The lowest BCUT2D eigenvalue weighted by Gasteiger charge is -2.09. The van der Waals surface area contributed by atoms with Crippen molar-refractivity contribution in [2.75, 3.05) is 17.2 Å². The molecule has 1 amide bonds. The highest BCUT2D eigenvalue weighted by Crippen LogP contribution is 2.23. The van der Waals surface area contributed by atoms with Crippen LogP contribution in [0, 0.1) is 6.92 Å². The molecule has 2 N–H and O–H groups in total. The van der Waals surface area contributed by atoms with E-state index in [1.807, 2.05) is 44.2 Å². The van der Waals surface area contributed by atoms with Crippen molar-refractivity contribution in [3.8, 4) is 0 Å². The number of carbonyl (C=O) groups is 1. The van der Waals surface area contributed by atoms with E-state index in [1.165, 1.54) is 6.08 Å². The fourth-order valence-electron chi connectivity index (χ4n) is 2.64. The standard InChI is InChI=1S/C21H20ClN3O/c1-3-23-21-14(2)12-16-13-18(9-10-19(16)25-21)24-20(26)11-6-15-4-7-17(22)8-5-15/h4-13H,3H2,1-2H3,(H,23,25)(H,24,26). The van der Waals surface area contributed by atoms with Crippen LogP contribution in [0.3, 0.4) is 0 Å². The van der Waals surface area contributed by atoms with E-state index in [4.69, 9.17) is 11.6 Å². The van der Waals surface area contributed by atoms with Gasteiger partial charge in [-0.3, -0.25) is 4.79 Å². The smallest absolute Gasteiger partial charge is 0.248 e. The number of benzene rings is 2. The van der Waals surface area contributed by atoms with Gasteiger partial charge < -0.3 is 10.6 Å². The summed E-state index contributed by atoms with van der Waals surface area (Å²) in [7, 11) is 0. The van der Waals surface area contributed by atoms with E-state index in [-0.39, 0.29) is 5.91 Å². The van der Waals surface area contributed by atoms with Crippen molar-refractivity contribution in [1.29, 1.82) is 0 Å². The second kappa shape index (κ2) is 8.02. The van der Waals surface area contributed by atoms with Crippen LogP contribution in [0.2, 0.25) is 5.02 Å². The summed E-state index contributed by atoms with van der Waals surface area (Å²) < 4.78 is 0. The Morgan fingerprint density at radius 3 is 2.65 bits per heavy atom. The Hall–Kier alpha value is -2.85. The number of rotatable bonds is 5. The van der Waals surface area contributed by atoms with Crippen LogP contribution in [0.1, 0.15) is 18.1 Å². The lowest BCUT2D eigenvalue weighted by molar-refractivity contribution is -0.111. The normalized spacial score (nSPS) is 11.0. The zero-order chi connectivity index (χ0) is 18.5. The molecular formula is C21H20ClN3O. The first-order chi connectivity index (χ1) is 12.5.